The van der Waals surface area contributed by atoms with Gasteiger partial charge in [-0.3, -0.25) is 0 Å². The van der Waals surface area contributed by atoms with Gasteiger partial charge in [0.25, 0.3) is 0 Å². The molecule has 0 atom stereocenters. The molecule has 6 nitrogen and oxygen atoms in total. The number of rotatable bonds is 4. The Morgan fingerprint density at radius 2 is 2.05 bits per heavy atom. The van der Waals surface area contributed by atoms with E-state index in [-0.39, 0.29) is 0 Å². The Kier molecular flexibility index (Phi) is 3.51. The van der Waals surface area contributed by atoms with E-state index in [0.29, 0.717) is 0 Å². The summed E-state index contributed by atoms with van der Waals surface area (Å²) in [4.78, 5) is 13.0. The van der Waals surface area contributed by atoms with Crippen LogP contribution in [0.3, 0.4) is 0 Å². The van der Waals surface area contributed by atoms with Crippen molar-refractivity contribution in [2.45, 2.75) is 20.3 Å². The lowest BCUT2D eigenvalue weighted by Gasteiger charge is -2.06. The number of nitrogens with zero attached hydrogens (tertiary/aromatic N) is 5. The van der Waals surface area contributed by atoms with Gasteiger partial charge in [-0.1, -0.05) is 0 Å². The highest BCUT2D eigenvalue weighted by Crippen LogP contribution is 2.17. The third kappa shape index (κ3) is 2.72. The first-order valence-electron chi connectivity index (χ1n) is 6.33. The number of aryl methyl sites for hydroxylation is 2. The molecular weight excluding hydrogens is 272 g/mol. The van der Waals surface area contributed by atoms with Gasteiger partial charge in [-0.05, 0) is 26.0 Å². The molecule has 0 saturated heterocycles. The molecular formula is C13H14N6S. The summed E-state index contributed by atoms with van der Waals surface area (Å²) >= 11 is 1.62. The lowest BCUT2D eigenvalue weighted by atomic mass is 10.3. The van der Waals surface area contributed by atoms with E-state index in [0.717, 1.165) is 45.5 Å². The Labute approximate surface area is 120 Å². The van der Waals surface area contributed by atoms with Gasteiger partial charge in [0.15, 0.2) is 5.82 Å². The summed E-state index contributed by atoms with van der Waals surface area (Å²) in [5, 5.41) is 13.4. The van der Waals surface area contributed by atoms with Gasteiger partial charge in [-0.15, -0.1) is 21.5 Å². The molecule has 0 radical (unpaired) electrons. The van der Waals surface area contributed by atoms with Gasteiger partial charge >= 0.3 is 0 Å². The monoisotopic (exact) mass is 286 g/mol. The SMILES string of the molecule is Cc1ccc2ncnc(NCCc3nnc(C)s3)c2n1. The summed E-state index contributed by atoms with van der Waals surface area (Å²) in [6.45, 7) is 4.66. The van der Waals surface area contributed by atoms with Gasteiger partial charge in [0, 0.05) is 18.7 Å². The minimum Gasteiger partial charge on any atom is -0.368 e. The fraction of sp³-hybridized carbons (Fsp3) is 0.308. The molecule has 7 heteroatoms. The lowest BCUT2D eigenvalue weighted by Crippen LogP contribution is -2.07. The summed E-state index contributed by atoms with van der Waals surface area (Å²) < 4.78 is 0. The zero-order chi connectivity index (χ0) is 13.9. The highest BCUT2D eigenvalue weighted by molar-refractivity contribution is 7.11. The first-order valence-corrected chi connectivity index (χ1v) is 7.15. The van der Waals surface area contributed by atoms with E-state index >= 15 is 0 Å². The molecule has 3 heterocycles. The van der Waals surface area contributed by atoms with Crippen LogP contribution in [0.2, 0.25) is 0 Å². The molecule has 3 aromatic heterocycles. The largest absolute Gasteiger partial charge is 0.368 e. The predicted molar refractivity (Wildman–Crippen MR) is 78.9 cm³/mol. The van der Waals surface area contributed by atoms with Crippen LogP contribution in [0.1, 0.15) is 15.7 Å². The number of anilines is 1. The Morgan fingerprint density at radius 3 is 2.85 bits per heavy atom. The van der Waals surface area contributed by atoms with Gasteiger partial charge in [-0.2, -0.15) is 0 Å². The van der Waals surface area contributed by atoms with E-state index in [1.165, 1.54) is 0 Å². The number of hydrogen-bond donors (Lipinski definition) is 1. The van der Waals surface area contributed by atoms with Gasteiger partial charge in [0.05, 0.1) is 5.52 Å². The Morgan fingerprint density at radius 1 is 1.15 bits per heavy atom. The molecule has 0 amide bonds. The molecule has 0 aromatic carbocycles. The molecule has 0 unspecified atom stereocenters. The number of aromatic nitrogens is 5. The molecule has 102 valence electrons. The van der Waals surface area contributed by atoms with Crippen LogP contribution in [0.5, 0.6) is 0 Å². The van der Waals surface area contributed by atoms with Gasteiger partial charge in [-0.25, -0.2) is 15.0 Å². The minimum atomic E-state index is 0.746. The van der Waals surface area contributed by atoms with Crippen molar-refractivity contribution in [3.05, 3.63) is 34.2 Å². The van der Waals surface area contributed by atoms with Gasteiger partial charge < -0.3 is 5.32 Å². The molecule has 0 spiro atoms. The van der Waals surface area contributed by atoms with Crippen molar-refractivity contribution in [3.63, 3.8) is 0 Å². The highest BCUT2D eigenvalue weighted by atomic mass is 32.1. The lowest BCUT2D eigenvalue weighted by molar-refractivity contribution is 0.926. The third-order valence-corrected chi connectivity index (χ3v) is 3.72. The molecule has 0 bridgehead atoms. The second kappa shape index (κ2) is 5.46. The summed E-state index contributed by atoms with van der Waals surface area (Å²) in [7, 11) is 0. The van der Waals surface area contributed by atoms with Crippen molar-refractivity contribution in [2.75, 3.05) is 11.9 Å². The molecule has 0 saturated carbocycles. The summed E-state index contributed by atoms with van der Waals surface area (Å²) in [5.74, 6) is 0.764. The van der Waals surface area contributed by atoms with Crippen LogP contribution in [0.25, 0.3) is 11.0 Å². The average Bonchev–Trinajstić information content (AvgIpc) is 2.85. The maximum Gasteiger partial charge on any atom is 0.156 e. The van der Waals surface area contributed by atoms with Gasteiger partial charge in [0.1, 0.15) is 21.9 Å². The molecule has 0 aliphatic rings. The smallest absolute Gasteiger partial charge is 0.156 e. The van der Waals surface area contributed by atoms with Crippen molar-refractivity contribution >= 4 is 28.2 Å². The molecule has 20 heavy (non-hydrogen) atoms. The topological polar surface area (TPSA) is 76.5 Å². The molecule has 3 rings (SSSR count). The van der Waals surface area contributed by atoms with Crippen LogP contribution < -0.4 is 5.32 Å². The van der Waals surface area contributed by atoms with Crippen LogP contribution in [-0.2, 0) is 6.42 Å². The summed E-state index contributed by atoms with van der Waals surface area (Å²) in [5.41, 5.74) is 2.61. The minimum absolute atomic E-state index is 0.746. The van der Waals surface area contributed by atoms with Crippen molar-refractivity contribution < 1.29 is 0 Å². The van der Waals surface area contributed by atoms with Crippen LogP contribution >= 0.6 is 11.3 Å². The molecule has 0 fully saturated rings. The Hall–Kier alpha value is -2.15. The van der Waals surface area contributed by atoms with Crippen LogP contribution in [-0.4, -0.2) is 31.7 Å². The zero-order valence-corrected chi connectivity index (χ0v) is 12.1. The maximum atomic E-state index is 4.49. The fourth-order valence-electron chi connectivity index (χ4n) is 1.89. The van der Waals surface area contributed by atoms with Crippen molar-refractivity contribution in [1.82, 2.24) is 25.1 Å². The van der Waals surface area contributed by atoms with Crippen molar-refractivity contribution in [2.24, 2.45) is 0 Å². The second-order valence-electron chi connectivity index (χ2n) is 4.43. The molecule has 1 N–H and O–H groups in total. The maximum absolute atomic E-state index is 4.49. The van der Waals surface area contributed by atoms with Crippen LogP contribution in [0.15, 0.2) is 18.5 Å². The Balaban J connectivity index is 1.75. The van der Waals surface area contributed by atoms with E-state index < -0.39 is 0 Å². The van der Waals surface area contributed by atoms with E-state index in [1.54, 1.807) is 17.7 Å². The quantitative estimate of drug-likeness (QED) is 0.792. The average molecular weight is 286 g/mol. The highest BCUT2D eigenvalue weighted by Gasteiger charge is 2.06. The molecule has 0 aliphatic heterocycles. The van der Waals surface area contributed by atoms with Gasteiger partial charge in [0.2, 0.25) is 0 Å². The zero-order valence-electron chi connectivity index (χ0n) is 11.3. The predicted octanol–water partition coefficient (Wildman–Crippen LogP) is 2.15. The summed E-state index contributed by atoms with van der Waals surface area (Å²) in [6, 6.07) is 3.90. The van der Waals surface area contributed by atoms with E-state index in [2.05, 4.69) is 30.5 Å². The standard InChI is InChI=1S/C13H14N6S/c1-8-3-4-10-12(17-8)13(16-7-15-10)14-6-5-11-19-18-9(2)20-11/h3-4,7H,5-6H2,1-2H3,(H,14,15,16). The summed E-state index contributed by atoms with van der Waals surface area (Å²) in [6.07, 6.45) is 2.37. The number of nitrogens with one attached hydrogen (secondary N) is 1. The number of hydrogen-bond acceptors (Lipinski definition) is 7. The fourth-order valence-corrected chi connectivity index (χ4v) is 2.60. The van der Waals surface area contributed by atoms with E-state index in [1.807, 2.05) is 26.0 Å². The third-order valence-electron chi connectivity index (χ3n) is 2.82. The molecule has 3 aromatic rings. The first-order chi connectivity index (χ1) is 9.72. The Bertz CT molecular complexity index is 739. The van der Waals surface area contributed by atoms with Crippen molar-refractivity contribution in [1.29, 1.82) is 0 Å². The van der Waals surface area contributed by atoms with Crippen molar-refractivity contribution in [3.8, 4) is 0 Å². The first kappa shape index (κ1) is 12.9. The second-order valence-corrected chi connectivity index (χ2v) is 5.70. The van der Waals surface area contributed by atoms with Crippen LogP contribution in [0.4, 0.5) is 5.82 Å². The van der Waals surface area contributed by atoms with E-state index in [4.69, 9.17) is 0 Å². The van der Waals surface area contributed by atoms with E-state index in [9.17, 15) is 0 Å². The normalized spacial score (nSPS) is 10.9. The van der Waals surface area contributed by atoms with Crippen LogP contribution in [0, 0.1) is 13.8 Å². The number of pyridine rings is 1. The molecule has 0 aliphatic carbocycles. The number of fused-ring (bicyclic) bond motifs is 1.